The summed E-state index contributed by atoms with van der Waals surface area (Å²) in [6.45, 7) is 2.82. The Morgan fingerprint density at radius 1 is 1.00 bits per heavy atom. The highest BCUT2D eigenvalue weighted by molar-refractivity contribution is 7.92. The van der Waals surface area contributed by atoms with Crippen molar-refractivity contribution in [2.24, 2.45) is 5.92 Å². The predicted octanol–water partition coefficient (Wildman–Crippen LogP) is 4.28. The van der Waals surface area contributed by atoms with Crippen LogP contribution in [0.4, 0.5) is 26.3 Å². The van der Waals surface area contributed by atoms with E-state index < -0.39 is 61.1 Å². The average Bonchev–Trinajstić information content (AvgIpc) is 2.68. The van der Waals surface area contributed by atoms with E-state index in [1.165, 1.54) is 13.8 Å². The van der Waals surface area contributed by atoms with Crippen LogP contribution in [-0.4, -0.2) is 35.1 Å². The number of benzene rings is 1. The number of carbonyl (C=O) groups is 1. The van der Waals surface area contributed by atoms with Gasteiger partial charge in [0, 0.05) is 18.4 Å². The van der Waals surface area contributed by atoms with Crippen LogP contribution in [0.3, 0.4) is 0 Å². The SMILES string of the molecule is CC(C)(C1CC(NC(=O)c2cnc(C(F)(F)F)nc2)C1)S(=O)(=O)c1cccc(C(F)(F)F)c1. The van der Waals surface area contributed by atoms with Crippen molar-refractivity contribution in [1.82, 2.24) is 15.3 Å². The lowest BCUT2D eigenvalue weighted by Crippen LogP contribution is -2.53. The number of rotatable bonds is 5. The Bertz CT molecular complexity index is 1140. The van der Waals surface area contributed by atoms with Gasteiger partial charge in [-0.05, 0) is 50.8 Å². The van der Waals surface area contributed by atoms with Crippen LogP contribution >= 0.6 is 0 Å². The predicted molar refractivity (Wildman–Crippen MR) is 104 cm³/mol. The molecule has 0 bridgehead atoms. The minimum absolute atomic E-state index is 0.192. The molecule has 1 aliphatic rings. The van der Waals surface area contributed by atoms with Gasteiger partial charge in [-0.3, -0.25) is 4.79 Å². The van der Waals surface area contributed by atoms with E-state index in [0.29, 0.717) is 6.07 Å². The molecular weight excluding hydrogens is 476 g/mol. The van der Waals surface area contributed by atoms with Crippen LogP contribution in [0.25, 0.3) is 0 Å². The first kappa shape index (κ1) is 24.9. The molecular formula is C20H19F6N3O3S. The van der Waals surface area contributed by atoms with Crippen LogP contribution in [0.2, 0.25) is 0 Å². The number of halogens is 6. The molecule has 6 nitrogen and oxygen atoms in total. The number of amides is 1. The molecule has 1 N–H and O–H groups in total. The van der Waals surface area contributed by atoms with Crippen molar-refractivity contribution in [1.29, 1.82) is 0 Å². The maximum atomic E-state index is 13.1. The molecule has 33 heavy (non-hydrogen) atoms. The van der Waals surface area contributed by atoms with Gasteiger partial charge in [-0.25, -0.2) is 18.4 Å². The van der Waals surface area contributed by atoms with Gasteiger partial charge in [0.25, 0.3) is 5.91 Å². The third-order valence-electron chi connectivity index (χ3n) is 5.79. The summed E-state index contributed by atoms with van der Waals surface area (Å²) in [5, 5.41) is 2.57. The van der Waals surface area contributed by atoms with Gasteiger partial charge in [0.2, 0.25) is 5.82 Å². The molecule has 13 heteroatoms. The maximum Gasteiger partial charge on any atom is 0.451 e. The third-order valence-corrected chi connectivity index (χ3v) is 8.38. The zero-order valence-electron chi connectivity index (χ0n) is 17.3. The number of carbonyl (C=O) groups excluding carboxylic acids is 1. The van der Waals surface area contributed by atoms with Gasteiger partial charge < -0.3 is 5.32 Å². The zero-order chi connectivity index (χ0) is 24.8. The highest BCUT2D eigenvalue weighted by Gasteiger charge is 2.49. The largest absolute Gasteiger partial charge is 0.451 e. The molecule has 1 fully saturated rings. The van der Waals surface area contributed by atoms with E-state index in [4.69, 9.17) is 0 Å². The van der Waals surface area contributed by atoms with Gasteiger partial charge in [-0.2, -0.15) is 26.3 Å². The normalized spacial score (nSPS) is 19.6. The smallest absolute Gasteiger partial charge is 0.349 e. The Labute approximate surface area is 185 Å². The highest BCUT2D eigenvalue weighted by Crippen LogP contribution is 2.44. The molecule has 1 aliphatic carbocycles. The Hall–Kier alpha value is -2.70. The minimum Gasteiger partial charge on any atom is -0.349 e. The number of hydrogen-bond acceptors (Lipinski definition) is 5. The van der Waals surface area contributed by atoms with Gasteiger partial charge in [-0.15, -0.1) is 0 Å². The van der Waals surface area contributed by atoms with Crippen molar-refractivity contribution in [3.8, 4) is 0 Å². The van der Waals surface area contributed by atoms with Crippen LogP contribution in [-0.2, 0) is 22.2 Å². The van der Waals surface area contributed by atoms with E-state index in [1.54, 1.807) is 0 Å². The fraction of sp³-hybridized carbons (Fsp3) is 0.450. The summed E-state index contributed by atoms with van der Waals surface area (Å²) in [5.41, 5.74) is -1.26. The van der Waals surface area contributed by atoms with Crippen molar-refractivity contribution in [2.45, 2.75) is 54.7 Å². The van der Waals surface area contributed by atoms with E-state index in [2.05, 4.69) is 15.3 Å². The van der Waals surface area contributed by atoms with Crippen molar-refractivity contribution in [3.05, 3.63) is 53.6 Å². The number of nitrogens with zero attached hydrogens (tertiary/aromatic N) is 2. The van der Waals surface area contributed by atoms with Crippen LogP contribution in [0, 0.1) is 5.92 Å². The summed E-state index contributed by atoms with van der Waals surface area (Å²) in [6, 6.07) is 3.06. The van der Waals surface area contributed by atoms with E-state index in [9.17, 15) is 39.6 Å². The Morgan fingerprint density at radius 2 is 1.58 bits per heavy atom. The summed E-state index contributed by atoms with van der Waals surface area (Å²) < 4.78 is 101. The number of alkyl halides is 6. The fourth-order valence-electron chi connectivity index (χ4n) is 3.53. The molecule has 1 aromatic heterocycles. The number of hydrogen-bond donors (Lipinski definition) is 1. The minimum atomic E-state index is -4.74. The molecule has 1 amide bonds. The topological polar surface area (TPSA) is 89.0 Å². The standard InChI is InChI=1S/C20H19F6N3O3S/c1-18(2,33(31,32)15-5-3-4-12(8-15)19(21,22)23)13-6-14(7-13)29-16(30)11-9-27-17(28-10-11)20(24,25)26/h3-5,8-10,13-14H,6-7H2,1-2H3,(H,29,30). The molecule has 2 aromatic rings. The lowest BCUT2D eigenvalue weighted by Gasteiger charge is -2.45. The molecule has 0 saturated heterocycles. The van der Waals surface area contributed by atoms with Crippen LogP contribution in [0.5, 0.6) is 0 Å². The van der Waals surface area contributed by atoms with Gasteiger partial charge in [0.1, 0.15) is 0 Å². The summed E-state index contributed by atoms with van der Waals surface area (Å²) in [6.07, 6.45) is -7.51. The molecule has 0 radical (unpaired) electrons. The molecule has 0 atom stereocenters. The lowest BCUT2D eigenvalue weighted by atomic mass is 9.73. The lowest BCUT2D eigenvalue weighted by molar-refractivity contribution is -0.145. The first-order chi connectivity index (χ1) is 15.0. The Kier molecular flexibility index (Phi) is 6.24. The van der Waals surface area contributed by atoms with Crippen molar-refractivity contribution in [2.75, 3.05) is 0 Å². The summed E-state index contributed by atoms with van der Waals surface area (Å²) in [4.78, 5) is 18.0. The summed E-state index contributed by atoms with van der Waals surface area (Å²) in [5.74, 6) is -2.57. The van der Waals surface area contributed by atoms with E-state index in [1.807, 2.05) is 0 Å². The first-order valence-corrected chi connectivity index (χ1v) is 11.1. The molecule has 3 rings (SSSR count). The second kappa shape index (κ2) is 8.26. The number of nitrogens with one attached hydrogen (secondary N) is 1. The van der Waals surface area contributed by atoms with Crippen LogP contribution in [0.15, 0.2) is 41.6 Å². The van der Waals surface area contributed by atoms with E-state index in [-0.39, 0.29) is 18.4 Å². The Balaban J connectivity index is 1.66. The van der Waals surface area contributed by atoms with E-state index >= 15 is 0 Å². The second-order valence-electron chi connectivity index (χ2n) is 8.26. The molecule has 1 saturated carbocycles. The van der Waals surface area contributed by atoms with Gasteiger partial charge in [-0.1, -0.05) is 6.07 Å². The first-order valence-electron chi connectivity index (χ1n) is 9.65. The van der Waals surface area contributed by atoms with Gasteiger partial charge in [0.05, 0.1) is 20.8 Å². The average molecular weight is 495 g/mol. The van der Waals surface area contributed by atoms with Crippen LogP contribution < -0.4 is 5.32 Å². The van der Waals surface area contributed by atoms with Crippen molar-refractivity contribution < 1.29 is 39.6 Å². The third kappa shape index (κ3) is 4.97. The number of aromatic nitrogens is 2. The quantitative estimate of drug-likeness (QED) is 0.626. The zero-order valence-corrected chi connectivity index (χ0v) is 18.1. The molecule has 1 heterocycles. The summed E-state index contributed by atoms with van der Waals surface area (Å²) in [7, 11) is -4.14. The monoisotopic (exact) mass is 495 g/mol. The molecule has 0 spiro atoms. The fourth-order valence-corrected chi connectivity index (χ4v) is 5.31. The maximum absolute atomic E-state index is 13.1. The second-order valence-corrected chi connectivity index (χ2v) is 10.8. The molecule has 180 valence electrons. The Morgan fingerprint density at radius 3 is 2.09 bits per heavy atom. The van der Waals surface area contributed by atoms with Crippen molar-refractivity contribution in [3.63, 3.8) is 0 Å². The van der Waals surface area contributed by atoms with E-state index in [0.717, 1.165) is 30.6 Å². The van der Waals surface area contributed by atoms with Gasteiger partial charge >= 0.3 is 12.4 Å². The van der Waals surface area contributed by atoms with Crippen LogP contribution in [0.1, 0.15) is 48.4 Å². The summed E-state index contributed by atoms with van der Waals surface area (Å²) >= 11 is 0. The molecule has 0 aliphatic heterocycles. The molecule has 0 unspecified atom stereocenters. The highest BCUT2D eigenvalue weighted by atomic mass is 32.2. The van der Waals surface area contributed by atoms with Crippen molar-refractivity contribution >= 4 is 15.7 Å². The molecule has 1 aromatic carbocycles. The van der Waals surface area contributed by atoms with Gasteiger partial charge in [0.15, 0.2) is 9.84 Å². The number of sulfone groups is 1.